The van der Waals surface area contributed by atoms with Crippen molar-refractivity contribution in [3.8, 4) is 28.7 Å². The maximum atomic E-state index is 15.2. The average Bonchev–Trinajstić information content (AvgIpc) is 3.90. The number of halogens is 2. The van der Waals surface area contributed by atoms with Crippen LogP contribution in [0.3, 0.4) is 0 Å². The molecule has 1 heterocycles. The molecule has 1 saturated carbocycles. The summed E-state index contributed by atoms with van der Waals surface area (Å²) in [6.45, 7) is 0. The highest BCUT2D eigenvalue weighted by atomic mass is 19.1. The Hall–Kier alpha value is -6.64. The molecule has 1 aliphatic carbocycles. The number of ether oxygens (including phenoxy) is 4. The maximum Gasteiger partial charge on any atom is 0.519 e. The normalized spacial score (nSPS) is 12.8. The Morgan fingerprint density at radius 2 is 1.47 bits per heavy atom. The molecular weight excluding hydrogens is 646 g/mol. The van der Waals surface area contributed by atoms with E-state index in [1.165, 1.54) is 92.2 Å². The third kappa shape index (κ3) is 7.05. The minimum atomic E-state index is -1.33. The van der Waals surface area contributed by atoms with Crippen molar-refractivity contribution in [1.82, 2.24) is 4.98 Å². The van der Waals surface area contributed by atoms with E-state index in [9.17, 15) is 28.9 Å². The van der Waals surface area contributed by atoms with Gasteiger partial charge in [-0.15, -0.1) is 0 Å². The van der Waals surface area contributed by atoms with Gasteiger partial charge in [-0.3, -0.25) is 24.7 Å². The summed E-state index contributed by atoms with van der Waals surface area (Å²) >= 11 is 0. The van der Waals surface area contributed by atoms with Crippen LogP contribution in [-0.2, 0) is 9.59 Å². The average molecular weight is 671 g/mol. The fraction of sp³-hybridized carbons (Fsp3) is 0.118. The van der Waals surface area contributed by atoms with E-state index in [2.05, 4.69) is 15.6 Å². The largest absolute Gasteiger partial charge is 0.519 e. The van der Waals surface area contributed by atoms with Gasteiger partial charge in [0, 0.05) is 47.2 Å². The number of pyridine rings is 1. The quantitative estimate of drug-likeness (QED) is 0.0511. The van der Waals surface area contributed by atoms with Crippen molar-refractivity contribution in [2.75, 3.05) is 17.7 Å². The Morgan fingerprint density at radius 3 is 2.10 bits per heavy atom. The van der Waals surface area contributed by atoms with Crippen molar-refractivity contribution in [2.24, 2.45) is 5.41 Å². The van der Waals surface area contributed by atoms with Crippen LogP contribution in [0.15, 0.2) is 91.1 Å². The SMILES string of the molecule is COc1cc2c(Oc3ccc(NC(=O)C4(C(=O)Nc5ccc(F)cc5)CC4)cc3F)ccnc2cc1OC(=O)Oc1ccc([N+](=O)[O-])cc1. The predicted octanol–water partition coefficient (Wildman–Crippen LogP) is 7.16. The fourth-order valence-electron chi connectivity index (χ4n) is 4.80. The number of hydrogen-bond acceptors (Lipinski definition) is 10. The first-order valence-corrected chi connectivity index (χ1v) is 14.5. The lowest BCUT2D eigenvalue weighted by Gasteiger charge is -2.16. The first kappa shape index (κ1) is 32.3. The van der Waals surface area contributed by atoms with Gasteiger partial charge in [0.15, 0.2) is 23.1 Å². The van der Waals surface area contributed by atoms with Crippen LogP contribution in [-0.4, -0.2) is 35.0 Å². The van der Waals surface area contributed by atoms with Crippen molar-refractivity contribution < 1.29 is 47.0 Å². The van der Waals surface area contributed by atoms with E-state index in [1.807, 2.05) is 0 Å². The molecule has 2 amide bonds. The molecule has 0 bridgehead atoms. The van der Waals surface area contributed by atoms with Crippen LogP contribution in [0.4, 0.5) is 30.6 Å². The lowest BCUT2D eigenvalue weighted by molar-refractivity contribution is -0.384. The van der Waals surface area contributed by atoms with Gasteiger partial charge in [0.1, 0.15) is 22.7 Å². The Balaban J connectivity index is 1.14. The minimum Gasteiger partial charge on any atom is -0.493 e. The fourth-order valence-corrected chi connectivity index (χ4v) is 4.80. The zero-order chi connectivity index (χ0) is 34.7. The van der Waals surface area contributed by atoms with Gasteiger partial charge in [-0.1, -0.05) is 0 Å². The highest BCUT2D eigenvalue weighted by molar-refractivity contribution is 6.16. The third-order valence-corrected chi connectivity index (χ3v) is 7.56. The number of carbonyl (C=O) groups excluding carboxylic acids is 3. The van der Waals surface area contributed by atoms with E-state index in [0.29, 0.717) is 23.9 Å². The second-order valence-electron chi connectivity index (χ2n) is 10.8. The molecule has 0 atom stereocenters. The first-order valence-electron chi connectivity index (χ1n) is 14.5. The Kier molecular flexibility index (Phi) is 8.72. The van der Waals surface area contributed by atoms with E-state index in [4.69, 9.17) is 18.9 Å². The summed E-state index contributed by atoms with van der Waals surface area (Å²) in [5, 5.41) is 16.4. The highest BCUT2D eigenvalue weighted by Gasteiger charge is 2.56. The summed E-state index contributed by atoms with van der Waals surface area (Å²) in [4.78, 5) is 52.8. The van der Waals surface area contributed by atoms with E-state index in [0.717, 1.165) is 6.07 Å². The molecule has 0 aliphatic heterocycles. The van der Waals surface area contributed by atoms with Crippen LogP contribution in [0.5, 0.6) is 28.7 Å². The number of fused-ring (bicyclic) bond motifs is 1. The van der Waals surface area contributed by atoms with E-state index in [-0.39, 0.29) is 45.6 Å². The molecule has 0 radical (unpaired) electrons. The number of methoxy groups -OCH3 is 1. The van der Waals surface area contributed by atoms with E-state index < -0.39 is 39.9 Å². The maximum absolute atomic E-state index is 15.2. The van der Waals surface area contributed by atoms with Gasteiger partial charge >= 0.3 is 6.16 Å². The smallest absolute Gasteiger partial charge is 0.493 e. The summed E-state index contributed by atoms with van der Waals surface area (Å²) in [6, 6.07) is 18.0. The molecule has 0 unspecified atom stereocenters. The summed E-state index contributed by atoms with van der Waals surface area (Å²) in [5.41, 5.74) is -0.796. The molecule has 0 spiro atoms. The van der Waals surface area contributed by atoms with Crippen molar-refractivity contribution in [3.05, 3.63) is 113 Å². The van der Waals surface area contributed by atoms with Crippen LogP contribution >= 0.6 is 0 Å². The number of rotatable bonds is 10. The summed E-state index contributed by atoms with van der Waals surface area (Å²) in [7, 11) is 1.33. The molecule has 248 valence electrons. The first-order chi connectivity index (χ1) is 23.5. The molecular formula is C34H24F2N4O9. The highest BCUT2D eigenvalue weighted by Crippen LogP contribution is 2.48. The number of hydrogen-bond donors (Lipinski definition) is 2. The summed E-state index contributed by atoms with van der Waals surface area (Å²) in [5.74, 6) is -2.42. The Morgan fingerprint density at radius 1 is 0.796 bits per heavy atom. The van der Waals surface area contributed by atoms with Gasteiger partial charge in [-0.2, -0.15) is 0 Å². The number of carbonyl (C=O) groups is 3. The lowest BCUT2D eigenvalue weighted by Crippen LogP contribution is -2.35. The predicted molar refractivity (Wildman–Crippen MR) is 170 cm³/mol. The van der Waals surface area contributed by atoms with E-state index in [1.54, 1.807) is 0 Å². The number of nitrogens with zero attached hydrogens (tertiary/aromatic N) is 2. The van der Waals surface area contributed by atoms with Crippen LogP contribution in [0.25, 0.3) is 10.9 Å². The Labute approximate surface area is 275 Å². The van der Waals surface area contributed by atoms with Gasteiger partial charge in [-0.05, 0) is 73.5 Å². The van der Waals surface area contributed by atoms with Gasteiger partial charge in [-0.25, -0.2) is 13.6 Å². The van der Waals surface area contributed by atoms with Gasteiger partial charge in [0.05, 0.1) is 17.5 Å². The van der Waals surface area contributed by atoms with Gasteiger partial charge in [0.25, 0.3) is 5.69 Å². The third-order valence-electron chi connectivity index (χ3n) is 7.56. The summed E-state index contributed by atoms with van der Waals surface area (Å²) in [6.07, 6.45) is 0.833. The molecule has 1 aromatic heterocycles. The lowest BCUT2D eigenvalue weighted by atomic mass is 10.0. The number of non-ortho nitro benzene ring substituents is 1. The summed E-state index contributed by atoms with van der Waals surface area (Å²) < 4.78 is 50.0. The molecule has 49 heavy (non-hydrogen) atoms. The van der Waals surface area contributed by atoms with Crippen LogP contribution < -0.4 is 29.6 Å². The topological polar surface area (TPSA) is 168 Å². The number of nitro groups is 1. The van der Waals surface area contributed by atoms with Crippen molar-refractivity contribution >= 4 is 45.9 Å². The molecule has 5 aromatic rings. The number of benzene rings is 4. The van der Waals surface area contributed by atoms with Crippen molar-refractivity contribution in [3.63, 3.8) is 0 Å². The van der Waals surface area contributed by atoms with Gasteiger partial charge < -0.3 is 29.6 Å². The van der Waals surface area contributed by atoms with Gasteiger partial charge in [0.2, 0.25) is 11.8 Å². The monoisotopic (exact) mass is 670 g/mol. The second kappa shape index (κ2) is 13.2. The van der Waals surface area contributed by atoms with E-state index >= 15 is 4.39 Å². The number of aromatic nitrogens is 1. The molecule has 4 aromatic carbocycles. The zero-order valence-electron chi connectivity index (χ0n) is 25.4. The van der Waals surface area contributed by atoms with Crippen LogP contribution in [0, 0.1) is 27.2 Å². The number of anilines is 2. The molecule has 1 aliphatic rings. The standard InChI is InChI=1S/C34H24F2N4O9/c1-46-29-17-24-26(18-30(29)49-33(43)47-23-9-7-22(8-10-23)40(44)45)37-15-12-27(24)48-28-11-6-21(16-25(28)36)39-32(42)34(13-14-34)31(41)38-20-4-2-19(35)3-5-20/h2-12,15-18H,13-14H2,1H3,(H,38,41)(H,39,42). The molecule has 0 saturated heterocycles. The number of nitro benzene ring substituents is 1. The van der Waals surface area contributed by atoms with Crippen LogP contribution in [0.1, 0.15) is 12.8 Å². The molecule has 6 rings (SSSR count). The number of amides is 2. The molecule has 13 nitrogen and oxygen atoms in total. The zero-order valence-corrected chi connectivity index (χ0v) is 25.4. The van der Waals surface area contributed by atoms with Crippen LogP contribution in [0.2, 0.25) is 0 Å². The second-order valence-corrected chi connectivity index (χ2v) is 10.8. The van der Waals surface area contributed by atoms with Crippen molar-refractivity contribution in [2.45, 2.75) is 12.8 Å². The Bertz CT molecular complexity index is 2100. The number of nitrogens with one attached hydrogen (secondary N) is 2. The van der Waals surface area contributed by atoms with Crippen molar-refractivity contribution in [1.29, 1.82) is 0 Å². The molecule has 1 fully saturated rings. The molecule has 2 N–H and O–H groups in total. The minimum absolute atomic E-state index is 0.0104. The molecule has 15 heteroatoms.